The zero-order valence-corrected chi connectivity index (χ0v) is 19.4. The Kier molecular flexibility index (Phi) is 7.08. The summed E-state index contributed by atoms with van der Waals surface area (Å²) >= 11 is 0. The van der Waals surface area contributed by atoms with Gasteiger partial charge < -0.3 is 19.1 Å². The summed E-state index contributed by atoms with van der Waals surface area (Å²) in [5.41, 5.74) is 2.62. The number of ether oxygens (including phenoxy) is 1. The van der Waals surface area contributed by atoms with Crippen molar-refractivity contribution in [3.63, 3.8) is 0 Å². The van der Waals surface area contributed by atoms with Crippen LogP contribution in [0.4, 0.5) is 4.79 Å². The van der Waals surface area contributed by atoms with Crippen LogP contribution in [-0.4, -0.2) is 52.1 Å². The maximum Gasteiger partial charge on any atom is 0.410 e. The fourth-order valence-corrected chi connectivity index (χ4v) is 3.97. The highest BCUT2D eigenvalue weighted by Crippen LogP contribution is 2.26. The van der Waals surface area contributed by atoms with Crippen LogP contribution in [-0.2, 0) is 17.7 Å². The van der Waals surface area contributed by atoms with Gasteiger partial charge in [-0.3, -0.25) is 4.79 Å². The predicted octanol–water partition coefficient (Wildman–Crippen LogP) is 4.89. The maximum absolute atomic E-state index is 13.1. The number of piperidine rings is 1. The zero-order valence-electron chi connectivity index (χ0n) is 19.4. The van der Waals surface area contributed by atoms with Crippen LogP contribution in [0.1, 0.15) is 68.2 Å². The molecule has 31 heavy (non-hydrogen) atoms. The molecule has 2 aromatic rings. The quantitative estimate of drug-likeness (QED) is 0.685. The Bertz CT molecular complexity index is 887. The lowest BCUT2D eigenvalue weighted by atomic mass is 10.0. The Balaban J connectivity index is 1.61. The van der Waals surface area contributed by atoms with Crippen LogP contribution in [0.3, 0.4) is 0 Å². The van der Waals surface area contributed by atoms with Crippen molar-refractivity contribution in [1.82, 2.24) is 14.4 Å². The molecule has 0 unspecified atom stereocenters. The van der Waals surface area contributed by atoms with Crippen LogP contribution in [0.2, 0.25) is 0 Å². The second-order valence-electron chi connectivity index (χ2n) is 9.33. The molecule has 2 amide bonds. The van der Waals surface area contributed by atoms with E-state index < -0.39 is 5.60 Å². The first-order chi connectivity index (χ1) is 14.7. The van der Waals surface area contributed by atoms with Gasteiger partial charge in [-0.2, -0.15) is 0 Å². The van der Waals surface area contributed by atoms with E-state index in [0.29, 0.717) is 25.3 Å². The average molecular weight is 426 g/mol. The van der Waals surface area contributed by atoms with Gasteiger partial charge in [0.25, 0.3) is 5.91 Å². The number of hydrogen-bond acceptors (Lipinski definition) is 3. The Labute approximate surface area is 185 Å². The summed E-state index contributed by atoms with van der Waals surface area (Å²) in [5, 5.41) is 0. The number of likely N-dealkylation sites (tertiary alicyclic amines) is 1. The molecule has 0 bridgehead atoms. The van der Waals surface area contributed by atoms with Crippen molar-refractivity contribution in [2.45, 2.75) is 65.1 Å². The second-order valence-corrected chi connectivity index (χ2v) is 9.33. The smallest absolute Gasteiger partial charge is 0.410 e. The molecule has 168 valence electrons. The minimum atomic E-state index is -0.491. The number of aromatic nitrogens is 1. The molecule has 1 aliphatic heterocycles. The maximum atomic E-state index is 13.1. The normalized spacial score (nSPS) is 15.1. The molecule has 1 fully saturated rings. The van der Waals surface area contributed by atoms with E-state index in [0.717, 1.165) is 24.8 Å². The van der Waals surface area contributed by atoms with Gasteiger partial charge in [0, 0.05) is 38.9 Å². The van der Waals surface area contributed by atoms with Crippen molar-refractivity contribution >= 4 is 12.0 Å². The molecule has 1 aromatic carbocycles. The second kappa shape index (κ2) is 9.58. The third-order valence-electron chi connectivity index (χ3n) is 5.71. The van der Waals surface area contributed by atoms with Crippen LogP contribution in [0.15, 0.2) is 42.6 Å². The summed E-state index contributed by atoms with van der Waals surface area (Å²) in [6, 6.07) is 12.4. The zero-order chi connectivity index (χ0) is 22.6. The molecule has 6 heteroatoms. The van der Waals surface area contributed by atoms with E-state index in [1.807, 2.05) is 46.1 Å². The number of nitrogens with zero attached hydrogens (tertiary/aromatic N) is 3. The molecule has 6 nitrogen and oxygen atoms in total. The van der Waals surface area contributed by atoms with E-state index in [1.165, 1.54) is 5.56 Å². The van der Waals surface area contributed by atoms with Crippen LogP contribution in [0, 0.1) is 0 Å². The van der Waals surface area contributed by atoms with Crippen molar-refractivity contribution in [3.05, 3.63) is 59.4 Å². The van der Waals surface area contributed by atoms with Crippen molar-refractivity contribution < 1.29 is 14.3 Å². The summed E-state index contributed by atoms with van der Waals surface area (Å²) in [4.78, 5) is 29.0. The number of rotatable bonds is 5. The first-order valence-electron chi connectivity index (χ1n) is 11.2. The van der Waals surface area contributed by atoms with E-state index in [-0.39, 0.29) is 18.0 Å². The number of carbonyl (C=O) groups excluding carboxylic acids is 2. The van der Waals surface area contributed by atoms with Crippen molar-refractivity contribution in [1.29, 1.82) is 0 Å². The van der Waals surface area contributed by atoms with Gasteiger partial charge in [-0.25, -0.2) is 4.79 Å². The summed E-state index contributed by atoms with van der Waals surface area (Å²) in [6.45, 7) is 9.61. The van der Waals surface area contributed by atoms with Crippen molar-refractivity contribution in [2.75, 3.05) is 20.1 Å². The molecule has 0 spiro atoms. The van der Waals surface area contributed by atoms with Gasteiger partial charge in [-0.15, -0.1) is 0 Å². The fraction of sp³-hybridized carbons (Fsp3) is 0.520. The molecule has 2 heterocycles. The van der Waals surface area contributed by atoms with Crippen LogP contribution in [0.5, 0.6) is 0 Å². The minimum absolute atomic E-state index is 0.0131. The van der Waals surface area contributed by atoms with E-state index in [4.69, 9.17) is 4.74 Å². The molecular formula is C25H35N3O3. The minimum Gasteiger partial charge on any atom is -0.444 e. The number of amides is 2. The molecule has 1 saturated heterocycles. The molecule has 1 aromatic heterocycles. The highest BCUT2D eigenvalue weighted by Gasteiger charge is 2.29. The monoisotopic (exact) mass is 425 g/mol. The van der Waals surface area contributed by atoms with Crippen LogP contribution >= 0.6 is 0 Å². The third-order valence-corrected chi connectivity index (χ3v) is 5.71. The Hall–Kier alpha value is -2.76. The SMILES string of the molecule is CCc1ccc(CN(C)C(=O)c2cccn2C2CCN(C(=O)OC(C)(C)C)CC2)cc1. The lowest BCUT2D eigenvalue weighted by Gasteiger charge is -2.34. The average Bonchev–Trinajstić information content (AvgIpc) is 3.22. The van der Waals surface area contributed by atoms with Gasteiger partial charge in [-0.1, -0.05) is 31.2 Å². The van der Waals surface area contributed by atoms with E-state index >= 15 is 0 Å². The fourth-order valence-electron chi connectivity index (χ4n) is 3.97. The van der Waals surface area contributed by atoms with Crippen LogP contribution < -0.4 is 0 Å². The van der Waals surface area contributed by atoms with E-state index in [2.05, 4.69) is 35.8 Å². The van der Waals surface area contributed by atoms with Gasteiger partial charge in [0.15, 0.2) is 0 Å². The highest BCUT2D eigenvalue weighted by atomic mass is 16.6. The van der Waals surface area contributed by atoms with Gasteiger partial charge in [0.05, 0.1) is 0 Å². The van der Waals surface area contributed by atoms with Gasteiger partial charge in [-0.05, 0) is 63.3 Å². The largest absolute Gasteiger partial charge is 0.444 e. The van der Waals surface area contributed by atoms with Crippen molar-refractivity contribution in [2.24, 2.45) is 0 Å². The molecular weight excluding hydrogens is 390 g/mol. The summed E-state index contributed by atoms with van der Waals surface area (Å²) in [7, 11) is 1.85. The number of carbonyl (C=O) groups is 2. The van der Waals surface area contributed by atoms with E-state index in [1.54, 1.807) is 9.80 Å². The summed E-state index contributed by atoms with van der Waals surface area (Å²) < 4.78 is 7.56. The summed E-state index contributed by atoms with van der Waals surface area (Å²) in [5.74, 6) is 0.0131. The molecule has 0 N–H and O–H groups in total. The lowest BCUT2D eigenvalue weighted by molar-refractivity contribution is 0.0186. The lowest BCUT2D eigenvalue weighted by Crippen LogP contribution is -2.42. The molecule has 3 rings (SSSR count). The third kappa shape index (κ3) is 5.90. The highest BCUT2D eigenvalue weighted by molar-refractivity contribution is 5.92. The molecule has 0 radical (unpaired) electrons. The first-order valence-corrected chi connectivity index (χ1v) is 11.2. The van der Waals surface area contributed by atoms with E-state index in [9.17, 15) is 9.59 Å². The van der Waals surface area contributed by atoms with Gasteiger partial charge in [0.2, 0.25) is 0 Å². The predicted molar refractivity (Wildman–Crippen MR) is 122 cm³/mol. The van der Waals surface area contributed by atoms with Crippen molar-refractivity contribution in [3.8, 4) is 0 Å². The topological polar surface area (TPSA) is 54.8 Å². The number of hydrogen-bond donors (Lipinski definition) is 0. The Morgan fingerprint density at radius 1 is 1.06 bits per heavy atom. The van der Waals surface area contributed by atoms with Gasteiger partial charge in [0.1, 0.15) is 11.3 Å². The Morgan fingerprint density at radius 2 is 1.68 bits per heavy atom. The number of benzene rings is 1. The molecule has 0 saturated carbocycles. The Morgan fingerprint density at radius 3 is 2.26 bits per heavy atom. The van der Waals surface area contributed by atoms with Gasteiger partial charge >= 0.3 is 6.09 Å². The molecule has 0 atom stereocenters. The molecule has 1 aliphatic rings. The molecule has 0 aliphatic carbocycles. The number of aryl methyl sites for hydroxylation is 1. The standard InChI is InChI=1S/C25H35N3O3/c1-6-19-9-11-20(12-10-19)18-26(5)23(29)22-8-7-15-28(22)21-13-16-27(17-14-21)24(30)31-25(2,3)4/h7-12,15,21H,6,13-14,16-18H2,1-5H3. The summed E-state index contributed by atoms with van der Waals surface area (Å²) in [6.07, 6.45) is 4.33. The van der Waals surface area contributed by atoms with Crippen LogP contribution in [0.25, 0.3) is 0 Å². The first kappa shape index (κ1) is 22.9.